The topological polar surface area (TPSA) is 69.6 Å². The van der Waals surface area contributed by atoms with E-state index in [0.29, 0.717) is 18.0 Å². The first-order valence-electron chi connectivity index (χ1n) is 7.01. The summed E-state index contributed by atoms with van der Waals surface area (Å²) in [4.78, 5) is 24.8. The van der Waals surface area contributed by atoms with Crippen LogP contribution in [0.25, 0.3) is 0 Å². The molecule has 0 saturated carbocycles. The number of piperidine rings is 1. The van der Waals surface area contributed by atoms with E-state index in [-0.39, 0.29) is 18.6 Å². The molecule has 114 valence electrons. The van der Waals surface area contributed by atoms with E-state index in [1.807, 2.05) is 25.1 Å². The van der Waals surface area contributed by atoms with Gasteiger partial charge < -0.3 is 15.3 Å². The summed E-state index contributed by atoms with van der Waals surface area (Å²) in [7, 11) is 0. The van der Waals surface area contributed by atoms with Gasteiger partial charge in [0.1, 0.15) is 0 Å². The molecular weight excluding hydrogens is 292 g/mol. The van der Waals surface area contributed by atoms with Gasteiger partial charge in [-0.1, -0.05) is 23.7 Å². The zero-order valence-corrected chi connectivity index (χ0v) is 12.6. The zero-order valence-electron chi connectivity index (χ0n) is 11.9. The summed E-state index contributed by atoms with van der Waals surface area (Å²) in [5.74, 6) is -1.30. The van der Waals surface area contributed by atoms with E-state index in [4.69, 9.17) is 16.7 Å². The highest BCUT2D eigenvalue weighted by Crippen LogP contribution is 2.20. The molecule has 5 nitrogen and oxygen atoms in total. The van der Waals surface area contributed by atoms with Crippen molar-refractivity contribution in [3.05, 3.63) is 34.9 Å². The monoisotopic (exact) mass is 310 g/mol. The molecule has 1 heterocycles. The molecule has 1 aromatic rings. The molecule has 1 unspecified atom stereocenters. The van der Waals surface area contributed by atoms with Crippen LogP contribution in [0.15, 0.2) is 24.3 Å². The number of carbonyl (C=O) groups is 2. The number of carboxylic acids is 1. The summed E-state index contributed by atoms with van der Waals surface area (Å²) in [5, 5.41) is 12.6. The van der Waals surface area contributed by atoms with Gasteiger partial charge in [0.05, 0.1) is 12.0 Å². The highest BCUT2D eigenvalue weighted by molar-refractivity contribution is 6.30. The number of hydrogen-bond acceptors (Lipinski definition) is 2. The number of hydrogen-bond donors (Lipinski definition) is 2. The van der Waals surface area contributed by atoms with E-state index in [2.05, 4.69) is 5.32 Å². The van der Waals surface area contributed by atoms with Crippen molar-refractivity contribution in [3.8, 4) is 0 Å². The van der Waals surface area contributed by atoms with Crippen molar-refractivity contribution in [2.45, 2.75) is 25.8 Å². The van der Waals surface area contributed by atoms with E-state index >= 15 is 0 Å². The van der Waals surface area contributed by atoms with Crippen LogP contribution in [0.2, 0.25) is 5.02 Å². The first-order chi connectivity index (χ1) is 9.97. The molecule has 0 aliphatic carbocycles. The van der Waals surface area contributed by atoms with Gasteiger partial charge in [0, 0.05) is 18.1 Å². The number of benzene rings is 1. The summed E-state index contributed by atoms with van der Waals surface area (Å²) >= 11 is 5.94. The second-order valence-electron chi connectivity index (χ2n) is 5.35. The predicted molar refractivity (Wildman–Crippen MR) is 80.3 cm³/mol. The Morgan fingerprint density at radius 2 is 2.24 bits per heavy atom. The average Bonchev–Trinajstić information content (AvgIpc) is 2.47. The van der Waals surface area contributed by atoms with Crippen LogP contribution in [0, 0.1) is 5.92 Å². The third-order valence-corrected chi connectivity index (χ3v) is 3.98. The Labute approximate surface area is 128 Å². The van der Waals surface area contributed by atoms with Crippen molar-refractivity contribution in [2.75, 3.05) is 13.1 Å². The minimum Gasteiger partial charge on any atom is -0.481 e. The molecule has 2 atom stereocenters. The lowest BCUT2D eigenvalue weighted by Gasteiger charge is -2.31. The highest BCUT2D eigenvalue weighted by atomic mass is 35.5. The van der Waals surface area contributed by atoms with Crippen molar-refractivity contribution in [1.29, 1.82) is 0 Å². The van der Waals surface area contributed by atoms with Gasteiger partial charge in [-0.3, -0.25) is 4.79 Å². The molecule has 1 aromatic carbocycles. The molecule has 0 aromatic heterocycles. The van der Waals surface area contributed by atoms with E-state index in [1.165, 1.54) is 0 Å². The van der Waals surface area contributed by atoms with Crippen LogP contribution in [-0.4, -0.2) is 35.1 Å². The first-order valence-corrected chi connectivity index (χ1v) is 7.39. The maximum Gasteiger partial charge on any atom is 0.317 e. The van der Waals surface area contributed by atoms with Gasteiger partial charge >= 0.3 is 12.0 Å². The molecule has 2 rings (SSSR count). The van der Waals surface area contributed by atoms with E-state index in [1.54, 1.807) is 11.0 Å². The van der Waals surface area contributed by atoms with Crippen molar-refractivity contribution in [1.82, 2.24) is 10.2 Å². The average molecular weight is 311 g/mol. The number of carbonyl (C=O) groups excluding carboxylic acids is 1. The SMILES string of the molecule is CC(NC(=O)N1CCC[C@H](C(=O)O)C1)c1cccc(Cl)c1. The summed E-state index contributed by atoms with van der Waals surface area (Å²) in [6.07, 6.45) is 1.35. The minimum absolute atomic E-state index is 0.179. The molecule has 1 aliphatic rings. The van der Waals surface area contributed by atoms with Crippen LogP contribution < -0.4 is 5.32 Å². The molecule has 0 bridgehead atoms. The maximum atomic E-state index is 12.2. The maximum absolute atomic E-state index is 12.2. The number of rotatable bonds is 3. The van der Waals surface area contributed by atoms with Crippen LogP contribution in [-0.2, 0) is 4.79 Å². The molecule has 0 radical (unpaired) electrons. The number of aliphatic carboxylic acids is 1. The number of amides is 2. The summed E-state index contributed by atoms with van der Waals surface area (Å²) in [6.45, 7) is 2.74. The molecule has 6 heteroatoms. The number of nitrogens with one attached hydrogen (secondary N) is 1. The van der Waals surface area contributed by atoms with E-state index in [0.717, 1.165) is 12.0 Å². The van der Waals surface area contributed by atoms with Crippen LogP contribution >= 0.6 is 11.6 Å². The van der Waals surface area contributed by atoms with Gasteiger partial charge in [-0.2, -0.15) is 0 Å². The van der Waals surface area contributed by atoms with Crippen molar-refractivity contribution < 1.29 is 14.7 Å². The smallest absolute Gasteiger partial charge is 0.317 e. The number of likely N-dealkylation sites (tertiary alicyclic amines) is 1. The lowest BCUT2D eigenvalue weighted by atomic mass is 9.98. The van der Waals surface area contributed by atoms with Gasteiger partial charge in [0.25, 0.3) is 0 Å². The fourth-order valence-corrected chi connectivity index (χ4v) is 2.70. The van der Waals surface area contributed by atoms with E-state index in [9.17, 15) is 9.59 Å². The molecule has 2 N–H and O–H groups in total. The Balaban J connectivity index is 1.96. The number of carboxylic acid groups (broad SMARTS) is 1. The Morgan fingerprint density at radius 3 is 2.90 bits per heavy atom. The molecule has 1 saturated heterocycles. The number of urea groups is 1. The fraction of sp³-hybridized carbons (Fsp3) is 0.467. The normalized spacial score (nSPS) is 19.9. The fourth-order valence-electron chi connectivity index (χ4n) is 2.50. The first kappa shape index (κ1) is 15.6. The van der Waals surface area contributed by atoms with Gasteiger partial charge in [0.15, 0.2) is 0 Å². The second kappa shape index (κ2) is 6.80. The van der Waals surface area contributed by atoms with E-state index < -0.39 is 11.9 Å². The lowest BCUT2D eigenvalue weighted by molar-refractivity contribution is -0.143. The van der Waals surface area contributed by atoms with Gasteiger partial charge in [0.2, 0.25) is 0 Å². The standard InChI is InChI=1S/C15H19ClN2O3/c1-10(11-4-2-6-13(16)8-11)17-15(21)18-7-3-5-12(9-18)14(19)20/h2,4,6,8,10,12H,3,5,7,9H2,1H3,(H,17,21)(H,19,20)/t10?,12-/m0/s1. The minimum atomic E-state index is -0.838. The molecule has 0 spiro atoms. The van der Waals surface area contributed by atoms with Gasteiger partial charge in [-0.15, -0.1) is 0 Å². The second-order valence-corrected chi connectivity index (χ2v) is 5.79. The summed E-state index contributed by atoms with van der Waals surface area (Å²) in [5.41, 5.74) is 0.919. The highest BCUT2D eigenvalue weighted by Gasteiger charge is 2.28. The molecular formula is C15H19ClN2O3. The van der Waals surface area contributed by atoms with Gasteiger partial charge in [-0.05, 0) is 37.5 Å². The summed E-state index contributed by atoms with van der Waals surface area (Å²) < 4.78 is 0. The van der Waals surface area contributed by atoms with Crippen molar-refractivity contribution >= 4 is 23.6 Å². The molecule has 21 heavy (non-hydrogen) atoms. The van der Waals surface area contributed by atoms with Gasteiger partial charge in [-0.25, -0.2) is 4.79 Å². The van der Waals surface area contributed by atoms with Crippen LogP contribution in [0.5, 0.6) is 0 Å². The number of halogens is 1. The van der Waals surface area contributed by atoms with Crippen LogP contribution in [0.4, 0.5) is 4.79 Å². The number of nitrogens with zero attached hydrogens (tertiary/aromatic N) is 1. The Kier molecular flexibility index (Phi) is 5.07. The molecule has 2 amide bonds. The third-order valence-electron chi connectivity index (χ3n) is 3.75. The van der Waals surface area contributed by atoms with Crippen molar-refractivity contribution in [3.63, 3.8) is 0 Å². The summed E-state index contributed by atoms with van der Waals surface area (Å²) in [6, 6.07) is 6.91. The zero-order chi connectivity index (χ0) is 15.4. The quantitative estimate of drug-likeness (QED) is 0.902. The Bertz CT molecular complexity index is 535. The van der Waals surface area contributed by atoms with Crippen LogP contribution in [0.3, 0.4) is 0 Å². The van der Waals surface area contributed by atoms with Crippen LogP contribution in [0.1, 0.15) is 31.4 Å². The largest absolute Gasteiger partial charge is 0.481 e. The lowest BCUT2D eigenvalue weighted by Crippen LogP contribution is -2.47. The Hall–Kier alpha value is -1.75. The van der Waals surface area contributed by atoms with Crippen molar-refractivity contribution in [2.24, 2.45) is 5.92 Å². The predicted octanol–water partition coefficient (Wildman–Crippen LogP) is 2.91. The third kappa shape index (κ3) is 4.11. The molecule has 1 fully saturated rings. The molecule has 1 aliphatic heterocycles. The Morgan fingerprint density at radius 1 is 1.48 bits per heavy atom.